The zero-order valence-corrected chi connectivity index (χ0v) is 12.3. The van der Waals surface area contributed by atoms with Gasteiger partial charge in [-0.3, -0.25) is 4.99 Å². The SMILES string of the molecule is CCCC1(CN=C(N)Nc2ccc(C)c(C)c2)CC1. The zero-order chi connectivity index (χ0) is 13.9. The lowest BCUT2D eigenvalue weighted by Gasteiger charge is -2.12. The third-order valence-electron chi connectivity index (χ3n) is 4.10. The maximum Gasteiger partial charge on any atom is 0.193 e. The van der Waals surface area contributed by atoms with E-state index in [1.807, 2.05) is 6.07 Å². The zero-order valence-electron chi connectivity index (χ0n) is 12.3. The predicted octanol–water partition coefficient (Wildman–Crippen LogP) is 3.61. The molecule has 104 valence electrons. The lowest BCUT2D eigenvalue weighted by molar-refractivity contribution is 0.473. The smallest absolute Gasteiger partial charge is 0.193 e. The summed E-state index contributed by atoms with van der Waals surface area (Å²) in [4.78, 5) is 4.51. The first-order chi connectivity index (χ1) is 9.04. The summed E-state index contributed by atoms with van der Waals surface area (Å²) < 4.78 is 0. The molecule has 0 atom stereocenters. The number of nitrogens with zero attached hydrogens (tertiary/aromatic N) is 1. The Kier molecular flexibility index (Phi) is 4.13. The number of hydrogen-bond donors (Lipinski definition) is 2. The number of anilines is 1. The maximum atomic E-state index is 5.96. The molecule has 0 heterocycles. The normalized spacial score (nSPS) is 17.3. The van der Waals surface area contributed by atoms with Gasteiger partial charge in [-0.05, 0) is 61.8 Å². The molecule has 0 saturated heterocycles. The van der Waals surface area contributed by atoms with Crippen molar-refractivity contribution in [1.29, 1.82) is 0 Å². The van der Waals surface area contributed by atoms with Crippen molar-refractivity contribution in [1.82, 2.24) is 0 Å². The second-order valence-corrected chi connectivity index (χ2v) is 5.88. The summed E-state index contributed by atoms with van der Waals surface area (Å²) >= 11 is 0. The molecule has 2 rings (SSSR count). The van der Waals surface area contributed by atoms with Crippen LogP contribution >= 0.6 is 0 Å². The number of nitrogens with two attached hydrogens (primary N) is 1. The molecule has 3 nitrogen and oxygen atoms in total. The number of aliphatic imine (C=N–C) groups is 1. The van der Waals surface area contributed by atoms with E-state index in [2.05, 4.69) is 43.2 Å². The third kappa shape index (κ3) is 3.72. The molecule has 3 N–H and O–H groups in total. The Bertz CT molecular complexity index is 473. The van der Waals surface area contributed by atoms with Gasteiger partial charge >= 0.3 is 0 Å². The van der Waals surface area contributed by atoms with Gasteiger partial charge in [0.1, 0.15) is 0 Å². The van der Waals surface area contributed by atoms with Gasteiger partial charge in [-0.15, -0.1) is 0 Å². The quantitative estimate of drug-likeness (QED) is 0.627. The van der Waals surface area contributed by atoms with Gasteiger partial charge in [0.2, 0.25) is 0 Å². The lowest BCUT2D eigenvalue weighted by atomic mass is 10.0. The molecule has 1 aromatic rings. The fourth-order valence-corrected chi connectivity index (χ4v) is 2.45. The molecular weight excluding hydrogens is 234 g/mol. The summed E-state index contributed by atoms with van der Waals surface area (Å²) in [5.74, 6) is 0.533. The van der Waals surface area contributed by atoms with Crippen LogP contribution in [0.15, 0.2) is 23.2 Å². The summed E-state index contributed by atoms with van der Waals surface area (Å²) in [7, 11) is 0. The Morgan fingerprint density at radius 2 is 2.05 bits per heavy atom. The van der Waals surface area contributed by atoms with Crippen molar-refractivity contribution in [2.75, 3.05) is 11.9 Å². The Hall–Kier alpha value is -1.51. The van der Waals surface area contributed by atoms with Crippen molar-refractivity contribution in [3.8, 4) is 0 Å². The van der Waals surface area contributed by atoms with Crippen LogP contribution < -0.4 is 11.1 Å². The predicted molar refractivity (Wildman–Crippen MR) is 82.6 cm³/mol. The Balaban J connectivity index is 1.93. The van der Waals surface area contributed by atoms with Crippen LogP contribution in [0.2, 0.25) is 0 Å². The van der Waals surface area contributed by atoms with Gasteiger partial charge in [-0.2, -0.15) is 0 Å². The number of aryl methyl sites for hydroxylation is 2. The first-order valence-corrected chi connectivity index (χ1v) is 7.19. The summed E-state index contributed by atoms with van der Waals surface area (Å²) in [6.07, 6.45) is 5.12. The molecule has 1 aliphatic carbocycles. The van der Waals surface area contributed by atoms with Crippen LogP contribution in [0.3, 0.4) is 0 Å². The maximum absolute atomic E-state index is 5.96. The average Bonchev–Trinajstić information content (AvgIpc) is 3.12. The molecule has 1 fully saturated rings. The Morgan fingerprint density at radius 3 is 2.63 bits per heavy atom. The molecule has 0 aliphatic heterocycles. The highest BCUT2D eigenvalue weighted by Crippen LogP contribution is 2.49. The standard InChI is InChI=1S/C16H25N3/c1-4-7-16(8-9-16)11-18-15(17)19-14-6-5-12(2)13(3)10-14/h5-6,10H,4,7-9,11H2,1-3H3,(H3,17,18,19). The van der Waals surface area contributed by atoms with Crippen molar-refractivity contribution in [2.24, 2.45) is 16.1 Å². The van der Waals surface area contributed by atoms with Crippen LogP contribution in [0.25, 0.3) is 0 Å². The van der Waals surface area contributed by atoms with Crippen molar-refractivity contribution in [2.45, 2.75) is 46.5 Å². The van der Waals surface area contributed by atoms with E-state index in [4.69, 9.17) is 5.73 Å². The van der Waals surface area contributed by atoms with Crippen molar-refractivity contribution in [3.63, 3.8) is 0 Å². The van der Waals surface area contributed by atoms with E-state index in [0.29, 0.717) is 11.4 Å². The molecular formula is C16H25N3. The third-order valence-corrected chi connectivity index (χ3v) is 4.10. The van der Waals surface area contributed by atoms with Gasteiger partial charge < -0.3 is 11.1 Å². The number of hydrogen-bond acceptors (Lipinski definition) is 1. The minimum Gasteiger partial charge on any atom is -0.370 e. The molecule has 0 aromatic heterocycles. The highest BCUT2D eigenvalue weighted by Gasteiger charge is 2.41. The van der Waals surface area contributed by atoms with E-state index in [1.54, 1.807) is 0 Å². The molecule has 1 aliphatic rings. The topological polar surface area (TPSA) is 50.4 Å². The van der Waals surface area contributed by atoms with Crippen molar-refractivity contribution in [3.05, 3.63) is 29.3 Å². The van der Waals surface area contributed by atoms with Crippen molar-refractivity contribution >= 4 is 11.6 Å². The Morgan fingerprint density at radius 1 is 1.32 bits per heavy atom. The van der Waals surface area contributed by atoms with Gasteiger partial charge in [-0.25, -0.2) is 0 Å². The largest absolute Gasteiger partial charge is 0.370 e. The van der Waals surface area contributed by atoms with E-state index >= 15 is 0 Å². The highest BCUT2D eigenvalue weighted by atomic mass is 15.1. The first-order valence-electron chi connectivity index (χ1n) is 7.19. The van der Waals surface area contributed by atoms with Crippen LogP contribution in [-0.2, 0) is 0 Å². The van der Waals surface area contributed by atoms with Gasteiger partial charge in [0.15, 0.2) is 5.96 Å². The number of nitrogens with one attached hydrogen (secondary N) is 1. The Labute approximate surface area is 116 Å². The second-order valence-electron chi connectivity index (χ2n) is 5.88. The second kappa shape index (κ2) is 5.64. The molecule has 0 radical (unpaired) electrons. The molecule has 1 saturated carbocycles. The minimum atomic E-state index is 0.463. The van der Waals surface area contributed by atoms with Crippen LogP contribution in [0.1, 0.15) is 43.7 Å². The van der Waals surface area contributed by atoms with E-state index in [9.17, 15) is 0 Å². The molecule has 3 heteroatoms. The number of rotatable bonds is 5. The summed E-state index contributed by atoms with van der Waals surface area (Å²) in [6, 6.07) is 6.25. The van der Waals surface area contributed by atoms with E-state index in [0.717, 1.165) is 12.2 Å². The van der Waals surface area contributed by atoms with Crippen LogP contribution in [-0.4, -0.2) is 12.5 Å². The van der Waals surface area contributed by atoms with Crippen LogP contribution in [0, 0.1) is 19.3 Å². The van der Waals surface area contributed by atoms with Crippen LogP contribution in [0.4, 0.5) is 5.69 Å². The van der Waals surface area contributed by atoms with Crippen LogP contribution in [0.5, 0.6) is 0 Å². The molecule has 0 spiro atoms. The number of guanidine groups is 1. The van der Waals surface area contributed by atoms with E-state index in [-0.39, 0.29) is 0 Å². The molecule has 1 aromatic carbocycles. The first kappa shape index (κ1) is 13.9. The van der Waals surface area contributed by atoms with Gasteiger partial charge in [0.05, 0.1) is 0 Å². The van der Waals surface area contributed by atoms with E-state index in [1.165, 1.54) is 36.8 Å². The minimum absolute atomic E-state index is 0.463. The monoisotopic (exact) mass is 259 g/mol. The highest BCUT2D eigenvalue weighted by molar-refractivity contribution is 5.92. The summed E-state index contributed by atoms with van der Waals surface area (Å²) in [5.41, 5.74) is 10.0. The molecule has 19 heavy (non-hydrogen) atoms. The molecule has 0 unspecified atom stereocenters. The molecule has 0 amide bonds. The summed E-state index contributed by atoms with van der Waals surface area (Å²) in [5, 5.41) is 3.18. The van der Waals surface area contributed by atoms with Crippen molar-refractivity contribution < 1.29 is 0 Å². The molecule has 0 bridgehead atoms. The number of benzene rings is 1. The lowest BCUT2D eigenvalue weighted by Crippen LogP contribution is -2.24. The fraction of sp³-hybridized carbons (Fsp3) is 0.562. The van der Waals surface area contributed by atoms with Gasteiger partial charge in [-0.1, -0.05) is 19.4 Å². The summed E-state index contributed by atoms with van der Waals surface area (Å²) in [6.45, 7) is 7.32. The van der Waals surface area contributed by atoms with E-state index < -0.39 is 0 Å². The van der Waals surface area contributed by atoms with Gasteiger partial charge in [0, 0.05) is 12.2 Å². The average molecular weight is 259 g/mol. The van der Waals surface area contributed by atoms with Gasteiger partial charge in [0.25, 0.3) is 0 Å². The fourth-order valence-electron chi connectivity index (χ4n) is 2.45.